The molecule has 0 bridgehead atoms. The standard InChI is InChI=1S/C13H24N2O2/c1-14-8-4-5-10(9-14)12(13(16)17-3)15(2)11-6-7-11/h10-12H,4-9H2,1-3H3. The molecule has 2 aliphatic rings. The van der Waals surface area contributed by atoms with Gasteiger partial charge in [-0.2, -0.15) is 0 Å². The highest BCUT2D eigenvalue weighted by Crippen LogP contribution is 2.32. The molecule has 4 nitrogen and oxygen atoms in total. The van der Waals surface area contributed by atoms with Crippen molar-refractivity contribution in [2.75, 3.05) is 34.3 Å². The van der Waals surface area contributed by atoms with Gasteiger partial charge in [0, 0.05) is 12.6 Å². The molecule has 0 radical (unpaired) electrons. The lowest BCUT2D eigenvalue weighted by Crippen LogP contribution is -2.50. The first-order chi connectivity index (χ1) is 8.13. The Morgan fingerprint density at radius 3 is 2.65 bits per heavy atom. The van der Waals surface area contributed by atoms with Gasteiger partial charge in [0.05, 0.1) is 7.11 Å². The van der Waals surface area contributed by atoms with Crippen LogP contribution in [0.15, 0.2) is 0 Å². The molecule has 4 heteroatoms. The Morgan fingerprint density at radius 2 is 2.12 bits per heavy atom. The highest BCUT2D eigenvalue weighted by atomic mass is 16.5. The molecule has 1 saturated heterocycles. The van der Waals surface area contributed by atoms with Crippen LogP contribution in [0, 0.1) is 5.92 Å². The van der Waals surface area contributed by atoms with E-state index < -0.39 is 0 Å². The maximum atomic E-state index is 12.0. The molecule has 2 unspecified atom stereocenters. The number of nitrogens with zero attached hydrogens (tertiary/aromatic N) is 2. The van der Waals surface area contributed by atoms with Crippen LogP contribution in [0.1, 0.15) is 25.7 Å². The molecule has 2 rings (SSSR count). The van der Waals surface area contributed by atoms with E-state index in [9.17, 15) is 4.79 Å². The average molecular weight is 240 g/mol. The second-order valence-electron chi connectivity index (χ2n) is 5.53. The zero-order valence-corrected chi connectivity index (χ0v) is 11.2. The highest BCUT2D eigenvalue weighted by molar-refractivity contribution is 5.76. The second-order valence-corrected chi connectivity index (χ2v) is 5.53. The fourth-order valence-corrected chi connectivity index (χ4v) is 2.98. The van der Waals surface area contributed by atoms with E-state index in [4.69, 9.17) is 4.74 Å². The Balaban J connectivity index is 2.05. The van der Waals surface area contributed by atoms with E-state index in [1.807, 2.05) is 0 Å². The van der Waals surface area contributed by atoms with Crippen molar-refractivity contribution in [1.82, 2.24) is 9.80 Å². The van der Waals surface area contributed by atoms with E-state index in [-0.39, 0.29) is 12.0 Å². The summed E-state index contributed by atoms with van der Waals surface area (Å²) in [4.78, 5) is 16.6. The molecule has 2 fully saturated rings. The first kappa shape index (κ1) is 12.8. The number of ether oxygens (including phenoxy) is 1. The van der Waals surface area contributed by atoms with Crippen LogP contribution in [0.5, 0.6) is 0 Å². The monoisotopic (exact) mass is 240 g/mol. The van der Waals surface area contributed by atoms with E-state index in [2.05, 4.69) is 23.9 Å². The number of carbonyl (C=O) groups excluding carboxylic acids is 1. The van der Waals surface area contributed by atoms with Gasteiger partial charge in [0.25, 0.3) is 0 Å². The minimum atomic E-state index is -0.0558. The number of likely N-dealkylation sites (N-methyl/N-ethyl adjacent to an activating group) is 1. The van der Waals surface area contributed by atoms with Gasteiger partial charge in [-0.15, -0.1) is 0 Å². The lowest BCUT2D eigenvalue weighted by atomic mass is 9.90. The van der Waals surface area contributed by atoms with Crippen LogP contribution in [0.2, 0.25) is 0 Å². The van der Waals surface area contributed by atoms with E-state index in [0.717, 1.165) is 19.5 Å². The predicted molar refractivity (Wildman–Crippen MR) is 66.8 cm³/mol. The van der Waals surface area contributed by atoms with Crippen molar-refractivity contribution in [1.29, 1.82) is 0 Å². The summed E-state index contributed by atoms with van der Waals surface area (Å²) >= 11 is 0. The van der Waals surface area contributed by atoms with E-state index in [1.165, 1.54) is 26.4 Å². The minimum Gasteiger partial charge on any atom is -0.468 e. The van der Waals surface area contributed by atoms with Crippen molar-refractivity contribution < 1.29 is 9.53 Å². The van der Waals surface area contributed by atoms with Gasteiger partial charge in [0.15, 0.2) is 0 Å². The van der Waals surface area contributed by atoms with Gasteiger partial charge in [-0.05, 0) is 52.2 Å². The smallest absolute Gasteiger partial charge is 0.323 e. The van der Waals surface area contributed by atoms with Gasteiger partial charge in [0.1, 0.15) is 6.04 Å². The number of carbonyl (C=O) groups is 1. The molecular weight excluding hydrogens is 216 g/mol. The fourth-order valence-electron chi connectivity index (χ4n) is 2.98. The van der Waals surface area contributed by atoms with Crippen molar-refractivity contribution in [2.45, 2.75) is 37.8 Å². The molecule has 2 atom stereocenters. The van der Waals surface area contributed by atoms with Crippen LogP contribution in [0.3, 0.4) is 0 Å². The van der Waals surface area contributed by atoms with Crippen LogP contribution in [-0.2, 0) is 9.53 Å². The van der Waals surface area contributed by atoms with Crippen molar-refractivity contribution >= 4 is 5.97 Å². The summed E-state index contributed by atoms with van der Waals surface area (Å²) in [6.45, 7) is 2.16. The molecule has 0 amide bonds. The van der Waals surface area contributed by atoms with Crippen LogP contribution < -0.4 is 0 Å². The average Bonchev–Trinajstić information content (AvgIpc) is 3.13. The summed E-state index contributed by atoms with van der Waals surface area (Å²) in [6, 6.07) is 0.557. The maximum absolute atomic E-state index is 12.0. The molecule has 0 N–H and O–H groups in total. The molecule has 0 aromatic rings. The Bertz CT molecular complexity index is 279. The summed E-state index contributed by atoms with van der Waals surface area (Å²) in [6.07, 6.45) is 4.79. The third-order valence-electron chi connectivity index (χ3n) is 4.11. The second kappa shape index (κ2) is 5.36. The number of hydrogen-bond donors (Lipinski definition) is 0. The molecule has 0 aromatic heterocycles. The van der Waals surface area contributed by atoms with Gasteiger partial charge in [0.2, 0.25) is 0 Å². The zero-order chi connectivity index (χ0) is 12.4. The molecule has 1 aliphatic carbocycles. The minimum absolute atomic E-state index is 0.0461. The number of hydrogen-bond acceptors (Lipinski definition) is 4. The number of piperidine rings is 1. The maximum Gasteiger partial charge on any atom is 0.323 e. The van der Waals surface area contributed by atoms with Crippen molar-refractivity contribution in [3.8, 4) is 0 Å². The zero-order valence-electron chi connectivity index (χ0n) is 11.2. The fraction of sp³-hybridized carbons (Fsp3) is 0.923. The van der Waals surface area contributed by atoms with Crippen molar-refractivity contribution in [2.24, 2.45) is 5.92 Å². The Morgan fingerprint density at radius 1 is 1.41 bits per heavy atom. The molecule has 0 aromatic carbocycles. The summed E-state index contributed by atoms with van der Waals surface area (Å²) in [5.41, 5.74) is 0. The SMILES string of the molecule is COC(=O)C(C1CCCN(C)C1)N(C)C1CC1. The Labute approximate surface area is 104 Å². The lowest BCUT2D eigenvalue weighted by molar-refractivity contribution is -0.149. The molecule has 0 spiro atoms. The van der Waals surface area contributed by atoms with Gasteiger partial charge >= 0.3 is 5.97 Å². The number of esters is 1. The molecule has 17 heavy (non-hydrogen) atoms. The quantitative estimate of drug-likeness (QED) is 0.685. The lowest BCUT2D eigenvalue weighted by Gasteiger charge is -2.38. The van der Waals surface area contributed by atoms with Crippen molar-refractivity contribution in [3.63, 3.8) is 0 Å². The first-order valence-electron chi connectivity index (χ1n) is 6.61. The van der Waals surface area contributed by atoms with Crippen LogP contribution in [-0.4, -0.2) is 62.1 Å². The summed E-state index contributed by atoms with van der Waals surface area (Å²) < 4.78 is 5.00. The molecule has 1 heterocycles. The molecular formula is C13H24N2O2. The van der Waals surface area contributed by atoms with E-state index >= 15 is 0 Å². The number of likely N-dealkylation sites (tertiary alicyclic amines) is 1. The molecule has 98 valence electrons. The predicted octanol–water partition coefficient (Wildman–Crippen LogP) is 0.964. The highest BCUT2D eigenvalue weighted by Gasteiger charge is 2.40. The largest absolute Gasteiger partial charge is 0.468 e. The normalized spacial score (nSPS) is 28.1. The van der Waals surface area contributed by atoms with Crippen LogP contribution in [0.25, 0.3) is 0 Å². The third kappa shape index (κ3) is 2.99. The van der Waals surface area contributed by atoms with Gasteiger partial charge in [-0.25, -0.2) is 0 Å². The topological polar surface area (TPSA) is 32.8 Å². The number of methoxy groups -OCH3 is 1. The first-order valence-corrected chi connectivity index (χ1v) is 6.61. The van der Waals surface area contributed by atoms with Crippen molar-refractivity contribution in [3.05, 3.63) is 0 Å². The summed E-state index contributed by atoms with van der Waals surface area (Å²) in [7, 11) is 5.72. The molecule has 1 aliphatic heterocycles. The summed E-state index contributed by atoms with van der Waals surface area (Å²) in [5, 5.41) is 0. The summed E-state index contributed by atoms with van der Waals surface area (Å²) in [5.74, 6) is 0.367. The van der Waals surface area contributed by atoms with Crippen LogP contribution in [0.4, 0.5) is 0 Å². The number of rotatable bonds is 4. The van der Waals surface area contributed by atoms with Gasteiger partial charge in [-0.3, -0.25) is 9.69 Å². The Kier molecular flexibility index (Phi) is 4.05. The van der Waals surface area contributed by atoms with E-state index in [1.54, 1.807) is 0 Å². The van der Waals surface area contributed by atoms with Crippen LogP contribution >= 0.6 is 0 Å². The van der Waals surface area contributed by atoms with Gasteiger partial charge in [-0.1, -0.05) is 0 Å². The van der Waals surface area contributed by atoms with Gasteiger partial charge < -0.3 is 9.64 Å². The Hall–Kier alpha value is -0.610. The third-order valence-corrected chi connectivity index (χ3v) is 4.11. The molecule has 1 saturated carbocycles. The van der Waals surface area contributed by atoms with E-state index in [0.29, 0.717) is 12.0 Å².